The number of hydrogen-bond donors (Lipinski definition) is 1. The molecule has 20 heavy (non-hydrogen) atoms. The van der Waals surface area contributed by atoms with Crippen LogP contribution < -0.4 is 10.2 Å². The van der Waals surface area contributed by atoms with E-state index in [0.29, 0.717) is 34.6 Å². The summed E-state index contributed by atoms with van der Waals surface area (Å²) in [5, 5.41) is 3.93. The average molecular weight is 338 g/mol. The molecule has 2 rings (SSSR count). The molecule has 5 nitrogen and oxygen atoms in total. The second-order valence-corrected chi connectivity index (χ2v) is 7.87. The van der Waals surface area contributed by atoms with Gasteiger partial charge in [0.05, 0.1) is 21.6 Å². The summed E-state index contributed by atoms with van der Waals surface area (Å²) in [6.45, 7) is 2.63. The molecule has 2 heterocycles. The Labute approximate surface area is 129 Å². The Morgan fingerprint density at radius 3 is 2.70 bits per heavy atom. The summed E-state index contributed by atoms with van der Waals surface area (Å²) in [5.74, 6) is 1.46. The molecule has 0 amide bonds. The van der Waals surface area contributed by atoms with E-state index in [1.165, 1.54) is 0 Å². The minimum absolute atomic E-state index is 0.0966. The molecule has 1 atom stereocenters. The number of halogens is 2. The minimum atomic E-state index is -2.94. The predicted molar refractivity (Wildman–Crippen MR) is 83.9 cm³/mol. The molecule has 1 saturated heterocycles. The van der Waals surface area contributed by atoms with E-state index in [2.05, 4.69) is 10.3 Å². The lowest BCUT2D eigenvalue weighted by Crippen LogP contribution is -2.33. The van der Waals surface area contributed by atoms with Crippen LogP contribution in [0.25, 0.3) is 0 Å². The third-order valence-corrected chi connectivity index (χ3v) is 5.66. The Balaban J connectivity index is 2.30. The number of nitrogens with zero attached hydrogens (tertiary/aromatic N) is 2. The van der Waals surface area contributed by atoms with Crippen LogP contribution in [-0.2, 0) is 9.84 Å². The van der Waals surface area contributed by atoms with Gasteiger partial charge in [-0.05, 0) is 19.4 Å². The molecule has 1 aromatic heterocycles. The van der Waals surface area contributed by atoms with Gasteiger partial charge in [0.15, 0.2) is 9.84 Å². The highest BCUT2D eigenvalue weighted by Crippen LogP contribution is 2.33. The van der Waals surface area contributed by atoms with Crippen LogP contribution in [0.3, 0.4) is 0 Å². The van der Waals surface area contributed by atoms with E-state index in [0.717, 1.165) is 0 Å². The molecular weight excluding hydrogens is 321 g/mol. The molecule has 0 radical (unpaired) electrons. The molecule has 0 spiro atoms. The lowest BCUT2D eigenvalue weighted by Gasteiger charge is -2.26. The fourth-order valence-corrected chi connectivity index (χ4v) is 4.58. The summed E-state index contributed by atoms with van der Waals surface area (Å²) in [4.78, 5) is 6.23. The topological polar surface area (TPSA) is 62.3 Å². The predicted octanol–water partition coefficient (Wildman–Crippen LogP) is 2.44. The Bertz CT molecular complexity index is 607. The van der Waals surface area contributed by atoms with E-state index in [1.807, 2.05) is 18.9 Å². The zero-order valence-electron chi connectivity index (χ0n) is 11.4. The molecule has 1 N–H and O–H groups in total. The van der Waals surface area contributed by atoms with E-state index >= 15 is 0 Å². The third kappa shape index (κ3) is 3.30. The van der Waals surface area contributed by atoms with Gasteiger partial charge in [-0.1, -0.05) is 23.2 Å². The fraction of sp³-hybridized carbons (Fsp3) is 0.583. The molecule has 112 valence electrons. The first kappa shape index (κ1) is 15.7. The first-order valence-electron chi connectivity index (χ1n) is 6.37. The molecule has 0 aliphatic carbocycles. The Morgan fingerprint density at radius 1 is 1.45 bits per heavy atom. The Kier molecular flexibility index (Phi) is 4.66. The van der Waals surface area contributed by atoms with Crippen LogP contribution in [0.15, 0.2) is 6.07 Å². The van der Waals surface area contributed by atoms with E-state index in [9.17, 15) is 8.42 Å². The van der Waals surface area contributed by atoms with Crippen molar-refractivity contribution in [3.63, 3.8) is 0 Å². The van der Waals surface area contributed by atoms with E-state index in [-0.39, 0.29) is 17.5 Å². The zero-order chi connectivity index (χ0) is 14.9. The summed E-state index contributed by atoms with van der Waals surface area (Å²) >= 11 is 12.2. The summed E-state index contributed by atoms with van der Waals surface area (Å²) in [6.07, 6.45) is 0.593. The first-order valence-corrected chi connectivity index (χ1v) is 8.95. The van der Waals surface area contributed by atoms with E-state index in [4.69, 9.17) is 23.2 Å². The molecule has 1 unspecified atom stereocenters. The quantitative estimate of drug-likeness (QED) is 0.914. The van der Waals surface area contributed by atoms with Crippen molar-refractivity contribution >= 4 is 44.7 Å². The van der Waals surface area contributed by atoms with Crippen molar-refractivity contribution in [1.29, 1.82) is 0 Å². The number of pyridine rings is 1. The fourth-order valence-electron chi connectivity index (χ4n) is 2.25. The maximum Gasteiger partial charge on any atom is 0.152 e. The standard InChI is InChI=1S/C12H17Cl2N3O2S/c1-3-15-11-9(13)6-10(14)12(16-11)17(2)8-4-5-20(18,19)7-8/h6,8H,3-5,7H2,1-2H3,(H,15,16). The van der Waals surface area contributed by atoms with E-state index < -0.39 is 9.84 Å². The number of anilines is 2. The second kappa shape index (κ2) is 5.95. The zero-order valence-corrected chi connectivity index (χ0v) is 13.7. The normalized spacial score (nSPS) is 20.9. The summed E-state index contributed by atoms with van der Waals surface area (Å²) < 4.78 is 23.1. The van der Waals surface area contributed by atoms with Crippen molar-refractivity contribution in [2.24, 2.45) is 0 Å². The number of aromatic nitrogens is 1. The van der Waals surface area contributed by atoms with Crippen molar-refractivity contribution in [3.8, 4) is 0 Å². The van der Waals surface area contributed by atoms with Crippen LogP contribution >= 0.6 is 23.2 Å². The number of rotatable bonds is 4. The molecular formula is C12H17Cl2N3O2S. The molecule has 0 saturated carbocycles. The van der Waals surface area contributed by atoms with Gasteiger partial charge >= 0.3 is 0 Å². The van der Waals surface area contributed by atoms with Crippen molar-refractivity contribution < 1.29 is 8.42 Å². The van der Waals surface area contributed by atoms with Crippen LogP contribution in [0.1, 0.15) is 13.3 Å². The van der Waals surface area contributed by atoms with Gasteiger partial charge in [0.1, 0.15) is 11.6 Å². The number of sulfone groups is 1. The molecule has 0 aromatic carbocycles. The maximum atomic E-state index is 11.6. The van der Waals surface area contributed by atoms with Crippen molar-refractivity contribution in [2.45, 2.75) is 19.4 Å². The molecule has 1 aliphatic heterocycles. The maximum absolute atomic E-state index is 11.6. The van der Waals surface area contributed by atoms with Crippen molar-refractivity contribution in [3.05, 3.63) is 16.1 Å². The van der Waals surface area contributed by atoms with Gasteiger partial charge in [0.2, 0.25) is 0 Å². The summed E-state index contributed by atoms with van der Waals surface area (Å²) in [6, 6.07) is 1.53. The van der Waals surface area contributed by atoms with Gasteiger partial charge < -0.3 is 10.2 Å². The Morgan fingerprint density at radius 2 is 2.15 bits per heavy atom. The summed E-state index contributed by atoms with van der Waals surface area (Å²) in [7, 11) is -1.14. The lowest BCUT2D eigenvalue weighted by molar-refractivity contribution is 0.600. The highest BCUT2D eigenvalue weighted by atomic mass is 35.5. The van der Waals surface area contributed by atoms with Crippen molar-refractivity contribution in [1.82, 2.24) is 4.98 Å². The highest BCUT2D eigenvalue weighted by molar-refractivity contribution is 7.91. The van der Waals surface area contributed by atoms with Crippen LogP contribution in [0.2, 0.25) is 10.0 Å². The molecule has 1 aromatic rings. The first-order chi connectivity index (χ1) is 9.34. The van der Waals surface area contributed by atoms with Crippen LogP contribution in [0.4, 0.5) is 11.6 Å². The molecule has 1 aliphatic rings. The van der Waals surface area contributed by atoms with Crippen molar-refractivity contribution in [2.75, 3.05) is 35.3 Å². The highest BCUT2D eigenvalue weighted by Gasteiger charge is 2.32. The van der Waals surface area contributed by atoms with E-state index in [1.54, 1.807) is 6.07 Å². The van der Waals surface area contributed by atoms with Crippen LogP contribution in [0.5, 0.6) is 0 Å². The van der Waals surface area contributed by atoms with Gasteiger partial charge in [-0.3, -0.25) is 0 Å². The number of hydrogen-bond acceptors (Lipinski definition) is 5. The monoisotopic (exact) mass is 337 g/mol. The van der Waals surface area contributed by atoms with Crippen LogP contribution in [-0.4, -0.2) is 44.5 Å². The number of nitrogens with one attached hydrogen (secondary N) is 1. The molecule has 8 heteroatoms. The smallest absolute Gasteiger partial charge is 0.152 e. The summed E-state index contributed by atoms with van der Waals surface area (Å²) in [5.41, 5.74) is 0. The Hall–Kier alpha value is -0.720. The largest absolute Gasteiger partial charge is 0.369 e. The molecule has 1 fully saturated rings. The van der Waals surface area contributed by atoms with Gasteiger partial charge in [-0.2, -0.15) is 0 Å². The van der Waals surface area contributed by atoms with Crippen LogP contribution in [0, 0.1) is 0 Å². The van der Waals surface area contributed by atoms with Gasteiger partial charge in [-0.25, -0.2) is 13.4 Å². The van der Waals surface area contributed by atoms with Gasteiger partial charge in [0, 0.05) is 19.6 Å². The SMILES string of the molecule is CCNc1nc(N(C)C2CCS(=O)(=O)C2)c(Cl)cc1Cl. The second-order valence-electron chi connectivity index (χ2n) is 4.82. The van der Waals surface area contributed by atoms with Gasteiger partial charge in [-0.15, -0.1) is 0 Å². The average Bonchev–Trinajstić information content (AvgIpc) is 2.72. The third-order valence-electron chi connectivity index (χ3n) is 3.35. The minimum Gasteiger partial charge on any atom is -0.369 e. The molecule has 0 bridgehead atoms. The van der Waals surface area contributed by atoms with Gasteiger partial charge in [0.25, 0.3) is 0 Å². The lowest BCUT2D eigenvalue weighted by atomic mass is 10.2.